The summed E-state index contributed by atoms with van der Waals surface area (Å²) in [5, 5.41) is 11.5. The van der Waals surface area contributed by atoms with Crippen LogP contribution in [-0.2, 0) is 6.42 Å². The Labute approximate surface area is 153 Å². The van der Waals surface area contributed by atoms with E-state index in [1.54, 1.807) is 18.0 Å². The van der Waals surface area contributed by atoms with Crippen LogP contribution in [0.25, 0.3) is 0 Å². The fourth-order valence-corrected chi connectivity index (χ4v) is 2.98. The fraction of sp³-hybridized carbons (Fsp3) is 0.118. The molecule has 24 heavy (non-hydrogen) atoms. The third kappa shape index (κ3) is 3.80. The van der Waals surface area contributed by atoms with Crippen molar-refractivity contribution in [1.82, 2.24) is 14.9 Å². The zero-order chi connectivity index (χ0) is 16.9. The topological polar surface area (TPSA) is 55.2 Å². The molecule has 3 aromatic rings. The number of halogens is 1. The van der Waals surface area contributed by atoms with Gasteiger partial charge in [-0.1, -0.05) is 30.3 Å². The lowest BCUT2D eigenvalue weighted by molar-refractivity contribution is 0.412. The number of aromatic nitrogens is 3. The number of aromatic amines is 1. The average Bonchev–Trinajstić information content (AvgIpc) is 2.94. The van der Waals surface area contributed by atoms with Crippen LogP contribution >= 0.6 is 28.1 Å². The molecule has 0 bridgehead atoms. The van der Waals surface area contributed by atoms with Crippen LogP contribution in [0, 0.1) is 4.77 Å². The molecule has 0 saturated carbocycles. The summed E-state index contributed by atoms with van der Waals surface area (Å²) in [4.78, 5) is 0. The van der Waals surface area contributed by atoms with E-state index in [9.17, 15) is 0 Å². The molecule has 1 N–H and O–H groups in total. The number of nitrogens with zero attached hydrogens (tertiary/aromatic N) is 3. The van der Waals surface area contributed by atoms with E-state index in [1.165, 1.54) is 0 Å². The van der Waals surface area contributed by atoms with Gasteiger partial charge in [0.15, 0.2) is 5.82 Å². The minimum atomic E-state index is 0.463. The van der Waals surface area contributed by atoms with E-state index in [0.29, 0.717) is 11.2 Å². The third-order valence-electron chi connectivity index (χ3n) is 3.42. The normalized spacial score (nSPS) is 11.1. The number of hydrogen-bond donors (Lipinski definition) is 1. The number of ether oxygens (including phenoxy) is 1. The molecule has 0 fully saturated rings. The number of benzene rings is 2. The molecule has 3 rings (SSSR count). The molecule has 7 heteroatoms. The van der Waals surface area contributed by atoms with E-state index in [-0.39, 0.29) is 0 Å². The second kappa shape index (κ2) is 7.55. The quantitative estimate of drug-likeness (QED) is 0.514. The number of hydrogen-bond acceptors (Lipinski definition) is 4. The highest BCUT2D eigenvalue weighted by Crippen LogP contribution is 2.24. The van der Waals surface area contributed by atoms with Gasteiger partial charge in [-0.2, -0.15) is 14.9 Å². The summed E-state index contributed by atoms with van der Waals surface area (Å²) in [5.41, 5.74) is 2.08. The molecule has 122 valence electrons. The van der Waals surface area contributed by atoms with Crippen molar-refractivity contribution in [2.75, 3.05) is 7.11 Å². The van der Waals surface area contributed by atoms with Crippen LogP contribution in [0.15, 0.2) is 58.1 Å². The highest BCUT2D eigenvalue weighted by Gasteiger charge is 2.06. The molecule has 5 nitrogen and oxygen atoms in total. The van der Waals surface area contributed by atoms with E-state index < -0.39 is 0 Å². The molecular weight excluding hydrogens is 388 g/mol. The van der Waals surface area contributed by atoms with E-state index >= 15 is 0 Å². The van der Waals surface area contributed by atoms with Crippen molar-refractivity contribution in [3.63, 3.8) is 0 Å². The van der Waals surface area contributed by atoms with Crippen molar-refractivity contribution in [1.29, 1.82) is 0 Å². The lowest BCUT2D eigenvalue weighted by Gasteiger charge is -2.04. The number of rotatable bonds is 5. The van der Waals surface area contributed by atoms with Gasteiger partial charge >= 0.3 is 0 Å². The summed E-state index contributed by atoms with van der Waals surface area (Å²) in [5.74, 6) is 1.53. The van der Waals surface area contributed by atoms with Gasteiger partial charge in [0.1, 0.15) is 5.75 Å². The summed E-state index contributed by atoms with van der Waals surface area (Å²) in [6, 6.07) is 15.8. The van der Waals surface area contributed by atoms with E-state index in [2.05, 4.69) is 31.2 Å². The second-order valence-electron chi connectivity index (χ2n) is 5.06. The first-order valence-corrected chi connectivity index (χ1v) is 8.45. The standard InChI is InChI=1S/C17H15BrN4OS/c1-23-15-8-7-13(9-14(15)18)11-19-22-16(20-21-17(22)24)10-12-5-3-2-4-6-12/h2-9,11H,10H2,1H3,(H,21,24)/b19-11-. The molecule has 0 atom stereocenters. The van der Waals surface area contributed by atoms with Gasteiger partial charge in [-0.15, -0.1) is 0 Å². The molecule has 0 radical (unpaired) electrons. The first-order chi connectivity index (χ1) is 11.7. The molecule has 1 heterocycles. The highest BCUT2D eigenvalue weighted by molar-refractivity contribution is 9.10. The number of methoxy groups -OCH3 is 1. The Morgan fingerprint density at radius 2 is 2.08 bits per heavy atom. The maximum absolute atomic E-state index is 5.27. The molecule has 0 amide bonds. The second-order valence-corrected chi connectivity index (χ2v) is 6.30. The Morgan fingerprint density at radius 1 is 1.29 bits per heavy atom. The van der Waals surface area contributed by atoms with Crippen LogP contribution in [0.5, 0.6) is 5.75 Å². The summed E-state index contributed by atoms with van der Waals surface area (Å²) in [7, 11) is 1.63. The summed E-state index contributed by atoms with van der Waals surface area (Å²) in [6.45, 7) is 0. The van der Waals surface area contributed by atoms with Gasteiger partial charge < -0.3 is 4.74 Å². The number of H-pyrrole nitrogens is 1. The van der Waals surface area contributed by atoms with Crippen LogP contribution in [0.3, 0.4) is 0 Å². The van der Waals surface area contributed by atoms with Crippen molar-refractivity contribution >= 4 is 34.4 Å². The first kappa shape index (κ1) is 16.6. The summed E-state index contributed by atoms with van der Waals surface area (Å²) < 4.78 is 8.20. The van der Waals surface area contributed by atoms with Crippen LogP contribution in [0.4, 0.5) is 0 Å². The zero-order valence-electron chi connectivity index (χ0n) is 12.9. The van der Waals surface area contributed by atoms with Crippen LogP contribution in [-0.4, -0.2) is 28.2 Å². The minimum Gasteiger partial charge on any atom is -0.496 e. The van der Waals surface area contributed by atoms with Crippen molar-refractivity contribution in [2.45, 2.75) is 6.42 Å². The maximum Gasteiger partial charge on any atom is 0.216 e. The zero-order valence-corrected chi connectivity index (χ0v) is 15.3. The molecular formula is C17H15BrN4OS. The highest BCUT2D eigenvalue weighted by atomic mass is 79.9. The molecule has 0 saturated heterocycles. The maximum atomic E-state index is 5.27. The molecule has 0 aliphatic carbocycles. The summed E-state index contributed by atoms with van der Waals surface area (Å²) >= 11 is 8.74. The van der Waals surface area contributed by atoms with Gasteiger partial charge in [-0.25, -0.2) is 0 Å². The Balaban J connectivity index is 1.86. The van der Waals surface area contributed by atoms with Gasteiger partial charge in [0.2, 0.25) is 4.77 Å². The molecule has 2 aromatic carbocycles. The minimum absolute atomic E-state index is 0.463. The molecule has 1 aromatic heterocycles. The third-order valence-corrected chi connectivity index (χ3v) is 4.30. The van der Waals surface area contributed by atoms with Crippen molar-refractivity contribution < 1.29 is 4.74 Å². The monoisotopic (exact) mass is 402 g/mol. The largest absolute Gasteiger partial charge is 0.496 e. The smallest absolute Gasteiger partial charge is 0.216 e. The predicted octanol–water partition coefficient (Wildman–Crippen LogP) is 4.18. The van der Waals surface area contributed by atoms with E-state index in [1.807, 2.05) is 48.5 Å². The van der Waals surface area contributed by atoms with Crippen molar-refractivity contribution in [2.24, 2.45) is 5.10 Å². The Hall–Kier alpha value is -2.25. The van der Waals surface area contributed by atoms with Gasteiger partial charge in [0.05, 0.1) is 17.8 Å². The van der Waals surface area contributed by atoms with Crippen LogP contribution in [0.2, 0.25) is 0 Å². The number of nitrogens with one attached hydrogen (secondary N) is 1. The van der Waals surface area contributed by atoms with Gasteiger partial charge in [-0.3, -0.25) is 5.10 Å². The lowest BCUT2D eigenvalue weighted by Crippen LogP contribution is -2.00. The first-order valence-electron chi connectivity index (χ1n) is 7.25. The SMILES string of the molecule is COc1ccc(/C=N\n2c(Cc3ccccc3)n[nH]c2=S)cc1Br. The molecule has 0 aliphatic heterocycles. The van der Waals surface area contributed by atoms with Crippen molar-refractivity contribution in [3.8, 4) is 5.75 Å². The molecule has 0 aliphatic rings. The Morgan fingerprint density at radius 3 is 2.79 bits per heavy atom. The van der Waals surface area contributed by atoms with E-state index in [4.69, 9.17) is 17.0 Å². The lowest BCUT2D eigenvalue weighted by atomic mass is 10.1. The van der Waals surface area contributed by atoms with Crippen LogP contribution in [0.1, 0.15) is 17.0 Å². The fourth-order valence-electron chi connectivity index (χ4n) is 2.22. The van der Waals surface area contributed by atoms with Gasteiger partial charge in [-0.05, 0) is 57.5 Å². The van der Waals surface area contributed by atoms with Gasteiger partial charge in [0.25, 0.3) is 0 Å². The van der Waals surface area contributed by atoms with Crippen molar-refractivity contribution in [3.05, 3.63) is 74.7 Å². The van der Waals surface area contributed by atoms with E-state index in [0.717, 1.165) is 27.2 Å². The van der Waals surface area contributed by atoms with Crippen LogP contribution < -0.4 is 4.74 Å². The Bertz CT molecular complexity index is 918. The Kier molecular flexibility index (Phi) is 5.22. The predicted molar refractivity (Wildman–Crippen MR) is 100 cm³/mol. The van der Waals surface area contributed by atoms with Gasteiger partial charge in [0, 0.05) is 6.42 Å². The average molecular weight is 403 g/mol. The molecule has 0 spiro atoms. The summed E-state index contributed by atoms with van der Waals surface area (Å²) in [6.07, 6.45) is 2.39. The molecule has 0 unspecified atom stereocenters.